The zero-order valence-electron chi connectivity index (χ0n) is 33.1. The number of aliphatic carboxylic acids is 2. The molecule has 0 spiro atoms. The van der Waals surface area contributed by atoms with Crippen LogP contribution < -0.4 is 26.6 Å². The van der Waals surface area contributed by atoms with E-state index in [0.717, 1.165) is 19.3 Å². The van der Waals surface area contributed by atoms with Gasteiger partial charge < -0.3 is 36.8 Å². The average Bonchev–Trinajstić information content (AvgIpc) is 3.12. The van der Waals surface area contributed by atoms with Crippen molar-refractivity contribution in [3.63, 3.8) is 0 Å². The van der Waals surface area contributed by atoms with Crippen LogP contribution in [0.15, 0.2) is 30.3 Å². The van der Waals surface area contributed by atoms with Crippen LogP contribution in [-0.2, 0) is 38.4 Å². The molecular weight excluding hydrogens is 710 g/mol. The first-order chi connectivity index (χ1) is 25.8. The molecule has 1 aromatic carbocycles. The second kappa shape index (κ2) is 22.5. The number of nitrogens with one attached hydrogen (secondary N) is 5. The highest BCUT2D eigenvalue weighted by molar-refractivity contribution is 6.38. The average molecular weight is 772 g/mol. The molecule has 15 nitrogen and oxygen atoms in total. The first-order valence-electron chi connectivity index (χ1n) is 19.3. The molecule has 55 heavy (non-hydrogen) atoms. The molecule has 3 unspecified atom stereocenters. The smallest absolute Gasteiger partial charge is 0.330 e. The van der Waals surface area contributed by atoms with Crippen LogP contribution in [0.2, 0.25) is 0 Å². The van der Waals surface area contributed by atoms with Gasteiger partial charge in [-0.1, -0.05) is 97.6 Å². The molecule has 7 N–H and O–H groups in total. The van der Waals surface area contributed by atoms with Crippen LogP contribution in [0.4, 0.5) is 0 Å². The Bertz CT molecular complexity index is 1490. The summed E-state index contributed by atoms with van der Waals surface area (Å²) in [4.78, 5) is 103. The minimum absolute atomic E-state index is 0.0287. The zero-order valence-corrected chi connectivity index (χ0v) is 33.1. The van der Waals surface area contributed by atoms with E-state index in [0.29, 0.717) is 31.2 Å². The molecule has 5 atom stereocenters. The number of carbonyl (C=O) groups excluding carboxylic acids is 6. The lowest BCUT2D eigenvalue weighted by Crippen LogP contribution is -2.58. The number of carboxylic acid groups (broad SMARTS) is 2. The molecule has 1 saturated carbocycles. The zero-order chi connectivity index (χ0) is 41.3. The van der Waals surface area contributed by atoms with Crippen LogP contribution in [0.5, 0.6) is 0 Å². The van der Waals surface area contributed by atoms with E-state index in [2.05, 4.69) is 26.6 Å². The number of benzene rings is 1. The van der Waals surface area contributed by atoms with E-state index in [4.69, 9.17) is 0 Å². The number of hydrogen-bond acceptors (Lipinski definition) is 8. The third kappa shape index (κ3) is 16.2. The van der Waals surface area contributed by atoms with Gasteiger partial charge in [-0.2, -0.15) is 0 Å². The minimum atomic E-state index is -1.38. The van der Waals surface area contributed by atoms with E-state index in [1.165, 1.54) is 12.1 Å². The first-order valence-corrected chi connectivity index (χ1v) is 19.3. The summed E-state index contributed by atoms with van der Waals surface area (Å²) >= 11 is 0. The second-order valence-electron chi connectivity index (χ2n) is 16.0. The van der Waals surface area contributed by atoms with E-state index >= 15 is 0 Å². The highest BCUT2D eigenvalue weighted by atomic mass is 16.4. The molecule has 2 rings (SSSR count). The number of amides is 5. The molecule has 0 aliphatic heterocycles. The summed E-state index contributed by atoms with van der Waals surface area (Å²) in [5.74, 6) is -7.41. The third-order valence-corrected chi connectivity index (χ3v) is 9.95. The van der Waals surface area contributed by atoms with E-state index in [9.17, 15) is 48.6 Å². The molecule has 0 bridgehead atoms. The lowest BCUT2D eigenvalue weighted by molar-refractivity contribution is -0.142. The van der Waals surface area contributed by atoms with Crippen LogP contribution in [0, 0.1) is 23.2 Å². The predicted octanol–water partition coefficient (Wildman–Crippen LogP) is 3.41. The summed E-state index contributed by atoms with van der Waals surface area (Å²) < 4.78 is 0. The van der Waals surface area contributed by atoms with Crippen LogP contribution in [-0.4, -0.2) is 82.1 Å². The van der Waals surface area contributed by atoms with Gasteiger partial charge in [0.2, 0.25) is 29.4 Å². The van der Waals surface area contributed by atoms with E-state index in [1.54, 1.807) is 25.1 Å². The summed E-state index contributed by atoms with van der Waals surface area (Å²) in [6.07, 6.45) is 5.06. The molecule has 0 aromatic heterocycles. The molecule has 0 saturated heterocycles. The summed E-state index contributed by atoms with van der Waals surface area (Å²) in [6.45, 7) is 10.6. The van der Waals surface area contributed by atoms with Crippen molar-refractivity contribution in [3.05, 3.63) is 35.9 Å². The Morgan fingerprint density at radius 1 is 0.782 bits per heavy atom. The van der Waals surface area contributed by atoms with Crippen molar-refractivity contribution in [3.8, 4) is 0 Å². The van der Waals surface area contributed by atoms with Gasteiger partial charge in [0.05, 0.1) is 12.6 Å². The van der Waals surface area contributed by atoms with Crippen molar-refractivity contribution >= 4 is 47.3 Å². The largest absolute Gasteiger partial charge is 0.481 e. The van der Waals surface area contributed by atoms with Crippen molar-refractivity contribution in [1.82, 2.24) is 26.6 Å². The van der Waals surface area contributed by atoms with Crippen molar-refractivity contribution in [2.45, 2.75) is 136 Å². The summed E-state index contributed by atoms with van der Waals surface area (Å²) in [5.41, 5.74) is -0.0497. The first kappa shape index (κ1) is 46.3. The lowest BCUT2D eigenvalue weighted by Gasteiger charge is -2.34. The Balaban J connectivity index is 2.17. The van der Waals surface area contributed by atoms with Crippen LogP contribution in [0.25, 0.3) is 0 Å². The molecule has 0 radical (unpaired) electrons. The highest BCUT2D eigenvalue weighted by Gasteiger charge is 2.36. The number of ketones is 1. The Kier molecular flexibility index (Phi) is 19.0. The summed E-state index contributed by atoms with van der Waals surface area (Å²) in [6, 6.07) is 3.25. The van der Waals surface area contributed by atoms with E-state index in [-0.39, 0.29) is 54.8 Å². The predicted molar refractivity (Wildman–Crippen MR) is 204 cm³/mol. The fourth-order valence-corrected chi connectivity index (χ4v) is 6.81. The molecular formula is C40H61N5O10. The van der Waals surface area contributed by atoms with Crippen molar-refractivity contribution in [2.24, 2.45) is 23.2 Å². The molecule has 1 aromatic rings. The van der Waals surface area contributed by atoms with E-state index in [1.807, 2.05) is 34.6 Å². The second-order valence-corrected chi connectivity index (χ2v) is 16.0. The highest BCUT2D eigenvalue weighted by Crippen LogP contribution is 2.33. The molecule has 0 heterocycles. The Morgan fingerprint density at radius 3 is 1.95 bits per heavy atom. The van der Waals surface area contributed by atoms with Crippen molar-refractivity contribution < 1.29 is 48.6 Å². The normalized spacial score (nSPS) is 16.1. The molecule has 1 fully saturated rings. The summed E-state index contributed by atoms with van der Waals surface area (Å²) in [7, 11) is 0. The van der Waals surface area contributed by atoms with Crippen LogP contribution >= 0.6 is 0 Å². The SMILES string of the molecule is CCCC(NC(=O)[C@H](CC(C)C)NC(=O)[C@@H](NC(=O)CC(CCC(=O)O)C(C)(C)C)C1CCCCC1)C(=O)C(=O)NCC(=O)NC(C(=O)O)c1ccccc1. The fourth-order valence-electron chi connectivity index (χ4n) is 6.81. The van der Waals surface area contributed by atoms with Gasteiger partial charge in [-0.3, -0.25) is 33.6 Å². The van der Waals surface area contributed by atoms with Gasteiger partial charge in [-0.25, -0.2) is 4.79 Å². The monoisotopic (exact) mass is 771 g/mol. The molecule has 1 aliphatic rings. The summed E-state index contributed by atoms with van der Waals surface area (Å²) in [5, 5.41) is 31.7. The fraction of sp³-hybridized carbons (Fsp3) is 0.650. The van der Waals surface area contributed by atoms with Gasteiger partial charge in [0.15, 0.2) is 6.04 Å². The van der Waals surface area contributed by atoms with Gasteiger partial charge >= 0.3 is 11.9 Å². The number of hydrogen-bond donors (Lipinski definition) is 7. The van der Waals surface area contributed by atoms with Crippen molar-refractivity contribution in [2.75, 3.05) is 6.54 Å². The maximum absolute atomic E-state index is 14.0. The van der Waals surface area contributed by atoms with Crippen LogP contribution in [0.1, 0.15) is 124 Å². The van der Waals surface area contributed by atoms with Crippen LogP contribution in [0.3, 0.4) is 0 Å². The number of Topliss-reactive ketones (excluding diaryl/α,β-unsaturated/α-hetero) is 1. The van der Waals surface area contributed by atoms with Gasteiger partial charge in [0.25, 0.3) is 5.91 Å². The number of carboxylic acids is 2. The van der Waals surface area contributed by atoms with Crippen molar-refractivity contribution in [1.29, 1.82) is 0 Å². The molecule has 5 amide bonds. The maximum atomic E-state index is 14.0. The maximum Gasteiger partial charge on any atom is 0.330 e. The Labute approximate surface area is 323 Å². The molecule has 15 heteroatoms. The molecule has 306 valence electrons. The Morgan fingerprint density at radius 2 is 1.40 bits per heavy atom. The quantitative estimate of drug-likeness (QED) is 0.0849. The lowest BCUT2D eigenvalue weighted by atomic mass is 9.76. The molecule has 1 aliphatic carbocycles. The number of carbonyl (C=O) groups is 8. The topological polar surface area (TPSA) is 237 Å². The van der Waals surface area contributed by atoms with Gasteiger partial charge in [0, 0.05) is 12.8 Å². The third-order valence-electron chi connectivity index (χ3n) is 9.95. The van der Waals surface area contributed by atoms with Gasteiger partial charge in [-0.15, -0.1) is 0 Å². The Hall–Kier alpha value is -4.82. The number of rotatable bonds is 22. The standard InChI is InChI=1S/C40H61N5O10/c1-7-14-28(35(50)38(53)41-23-31(47)45-34(39(54)55)26-17-12-9-13-18-26)42-36(51)29(21-24(2)3)43-37(52)33(25-15-10-8-11-16-25)44-30(46)22-27(40(4,5)6)19-20-32(48)49/h9,12-13,17-18,24-25,27-29,33-34H,7-8,10-11,14-16,19-23H2,1-6H3,(H,41,53)(H,42,51)(H,43,52)(H,44,46)(H,45,47)(H,48,49)(H,54,55)/t27?,28?,29-,33-,34?/m0/s1. The van der Waals surface area contributed by atoms with Gasteiger partial charge in [0.1, 0.15) is 12.1 Å². The minimum Gasteiger partial charge on any atom is -0.481 e. The van der Waals surface area contributed by atoms with E-state index < -0.39 is 72.1 Å². The van der Waals surface area contributed by atoms with Gasteiger partial charge in [-0.05, 0) is 60.8 Å².